The number of alkyl halides is 4. The minimum Gasteiger partial charge on any atom is -0.488 e. The Hall–Kier alpha value is -3.08. The van der Waals surface area contributed by atoms with Gasteiger partial charge in [0.05, 0.1) is 6.54 Å². The van der Waals surface area contributed by atoms with Crippen molar-refractivity contribution < 1.29 is 36.2 Å². The third-order valence-corrected chi connectivity index (χ3v) is 7.29. The maximum absolute atomic E-state index is 16.2. The highest BCUT2D eigenvalue weighted by atomic mass is 19.3. The van der Waals surface area contributed by atoms with Gasteiger partial charge in [0.25, 0.3) is 12.3 Å². The smallest absolute Gasteiger partial charge is 0.287 e. The Kier molecular flexibility index (Phi) is 5.39. The molecule has 1 N–H and O–H groups in total. The lowest BCUT2D eigenvalue weighted by atomic mass is 9.30. The highest BCUT2D eigenvalue weighted by molar-refractivity contribution is 5.44. The molecule has 0 radical (unpaired) electrons. The van der Waals surface area contributed by atoms with Crippen molar-refractivity contribution in [3.8, 4) is 5.75 Å². The highest BCUT2D eigenvalue weighted by Gasteiger charge is 2.82. The van der Waals surface area contributed by atoms with Crippen LogP contribution in [0.25, 0.3) is 0 Å². The monoisotopic (exact) mass is 497 g/mol. The number of hydrogen-bond acceptors (Lipinski definition) is 4. The molecule has 0 saturated heterocycles. The van der Waals surface area contributed by atoms with Crippen molar-refractivity contribution in [2.24, 2.45) is 5.41 Å². The number of ether oxygens (including phenoxy) is 1. The van der Waals surface area contributed by atoms with Crippen molar-refractivity contribution in [2.75, 3.05) is 6.61 Å². The summed E-state index contributed by atoms with van der Waals surface area (Å²) in [5.74, 6) is -5.79. The van der Waals surface area contributed by atoms with Gasteiger partial charge in [0, 0.05) is 17.0 Å². The van der Waals surface area contributed by atoms with Gasteiger partial charge >= 0.3 is 0 Å². The maximum Gasteiger partial charge on any atom is 0.287 e. The van der Waals surface area contributed by atoms with Gasteiger partial charge in [0.1, 0.15) is 36.6 Å². The average Bonchev–Trinajstić information content (AvgIpc) is 3.23. The fourth-order valence-electron chi connectivity index (χ4n) is 5.66. The first-order valence-electron chi connectivity index (χ1n) is 10.9. The van der Waals surface area contributed by atoms with E-state index in [0.29, 0.717) is 6.07 Å². The topological polar surface area (TPSA) is 60.2 Å². The fraction of sp³-hybridized carbons (Fsp3) is 0.417. The molecule has 0 spiro atoms. The molecule has 3 aliphatic rings. The minimum absolute atomic E-state index is 0.0344. The summed E-state index contributed by atoms with van der Waals surface area (Å²) in [7, 11) is 0. The van der Waals surface area contributed by atoms with Gasteiger partial charge in [-0.3, -0.25) is 0 Å². The van der Waals surface area contributed by atoms with Crippen LogP contribution in [-0.2, 0) is 17.6 Å². The molecule has 1 heterocycles. The van der Waals surface area contributed by atoms with Crippen LogP contribution in [0.4, 0.5) is 26.3 Å². The van der Waals surface area contributed by atoms with E-state index in [1.165, 1.54) is 12.1 Å². The van der Waals surface area contributed by atoms with E-state index in [0.717, 1.165) is 35.0 Å². The van der Waals surface area contributed by atoms with Gasteiger partial charge in [0.15, 0.2) is 5.60 Å². The van der Waals surface area contributed by atoms with Crippen LogP contribution < -0.4 is 4.74 Å². The van der Waals surface area contributed by atoms with Crippen molar-refractivity contribution in [2.45, 2.75) is 49.2 Å². The Labute approximate surface area is 196 Å². The molecule has 3 saturated carbocycles. The number of hydrogen-bond donors (Lipinski definition) is 1. The zero-order chi connectivity index (χ0) is 25.1. The SMILES string of the molecule is OC(Cn1cncn1)(c1ccc(F)cc1F)C(F)(F)C12CC(c3ccc(OCC(F)F)cc3)(C1)C2. The van der Waals surface area contributed by atoms with Crippen LogP contribution in [0.5, 0.6) is 5.75 Å². The zero-order valence-corrected chi connectivity index (χ0v) is 18.3. The number of nitrogens with zero attached hydrogens (tertiary/aromatic N) is 3. The Balaban J connectivity index is 1.41. The molecule has 3 aromatic rings. The molecule has 1 atom stereocenters. The molecule has 186 valence electrons. The van der Waals surface area contributed by atoms with Gasteiger partial charge in [-0.05, 0) is 54.5 Å². The van der Waals surface area contributed by atoms with Crippen LogP contribution in [0.1, 0.15) is 30.4 Å². The van der Waals surface area contributed by atoms with E-state index < -0.39 is 59.1 Å². The molecule has 11 heteroatoms. The first-order chi connectivity index (χ1) is 16.5. The summed E-state index contributed by atoms with van der Waals surface area (Å²) in [5, 5.41) is 15.2. The van der Waals surface area contributed by atoms with Crippen molar-refractivity contribution in [1.82, 2.24) is 14.8 Å². The second-order valence-electron chi connectivity index (χ2n) is 9.47. The predicted octanol–water partition coefficient (Wildman–Crippen LogP) is 4.85. The van der Waals surface area contributed by atoms with E-state index in [-0.39, 0.29) is 25.0 Å². The molecule has 1 unspecified atom stereocenters. The molecule has 3 fully saturated rings. The molecular weight excluding hydrogens is 476 g/mol. The molecule has 0 aliphatic heterocycles. The van der Waals surface area contributed by atoms with E-state index in [1.54, 1.807) is 12.1 Å². The first-order valence-corrected chi connectivity index (χ1v) is 10.9. The second kappa shape index (κ2) is 7.97. The Morgan fingerprint density at radius 3 is 2.31 bits per heavy atom. The number of halogens is 6. The summed E-state index contributed by atoms with van der Waals surface area (Å²) in [6.07, 6.45) is -0.281. The normalized spacial score (nSPS) is 25.0. The Bertz CT molecular complexity index is 1200. The van der Waals surface area contributed by atoms with Crippen LogP contribution >= 0.6 is 0 Å². The van der Waals surface area contributed by atoms with Gasteiger partial charge in [-0.25, -0.2) is 36.0 Å². The van der Waals surface area contributed by atoms with Crippen LogP contribution in [0.3, 0.4) is 0 Å². The second-order valence-corrected chi connectivity index (χ2v) is 9.47. The summed E-state index contributed by atoms with van der Waals surface area (Å²) < 4.78 is 91.1. The quantitative estimate of drug-likeness (QED) is 0.430. The van der Waals surface area contributed by atoms with Crippen molar-refractivity contribution in [3.05, 3.63) is 77.9 Å². The lowest BCUT2D eigenvalue weighted by Gasteiger charge is -2.74. The molecule has 2 aromatic carbocycles. The highest BCUT2D eigenvalue weighted by Crippen LogP contribution is 2.80. The summed E-state index contributed by atoms with van der Waals surface area (Å²) in [6, 6.07) is 8.44. The third kappa shape index (κ3) is 3.59. The standard InChI is InChI=1S/C24H21F6N3O2/c25-16-3-6-18(19(26)7-16)23(34,12-33-14-31-13-32-33)24(29,30)22-9-21(10-22,11-22)15-1-4-17(5-2-15)35-8-20(27)28/h1-7,13-14,20,34H,8-12H2. The number of benzene rings is 2. The number of aromatic nitrogens is 3. The van der Waals surface area contributed by atoms with E-state index >= 15 is 8.78 Å². The first kappa shape index (κ1) is 23.7. The molecular formula is C24H21F6N3O2. The predicted molar refractivity (Wildman–Crippen MR) is 111 cm³/mol. The Morgan fingerprint density at radius 1 is 1.06 bits per heavy atom. The van der Waals surface area contributed by atoms with Gasteiger partial charge in [0.2, 0.25) is 0 Å². The molecule has 1 aromatic heterocycles. The van der Waals surface area contributed by atoms with Crippen molar-refractivity contribution in [3.63, 3.8) is 0 Å². The van der Waals surface area contributed by atoms with Crippen molar-refractivity contribution in [1.29, 1.82) is 0 Å². The Morgan fingerprint density at radius 2 is 1.74 bits per heavy atom. The summed E-state index contributed by atoms with van der Waals surface area (Å²) in [5.41, 5.74) is -5.14. The molecule has 35 heavy (non-hydrogen) atoms. The number of aliphatic hydroxyl groups is 1. The zero-order valence-electron chi connectivity index (χ0n) is 18.3. The van der Waals surface area contributed by atoms with Crippen LogP contribution in [0, 0.1) is 17.0 Å². The van der Waals surface area contributed by atoms with Crippen LogP contribution in [-0.4, -0.2) is 38.8 Å². The lowest BCUT2D eigenvalue weighted by molar-refractivity contribution is -0.347. The minimum atomic E-state index is -3.80. The number of rotatable bonds is 9. The molecule has 0 amide bonds. The van der Waals surface area contributed by atoms with Gasteiger partial charge in [-0.1, -0.05) is 12.1 Å². The summed E-state index contributed by atoms with van der Waals surface area (Å²) in [6.45, 7) is -1.53. The molecule has 2 bridgehead atoms. The maximum atomic E-state index is 16.2. The lowest BCUT2D eigenvalue weighted by Crippen LogP contribution is -2.76. The van der Waals surface area contributed by atoms with Crippen LogP contribution in [0.2, 0.25) is 0 Å². The van der Waals surface area contributed by atoms with Crippen LogP contribution in [0.15, 0.2) is 55.1 Å². The van der Waals surface area contributed by atoms with E-state index in [1.807, 2.05) is 0 Å². The van der Waals surface area contributed by atoms with E-state index in [4.69, 9.17) is 4.74 Å². The van der Waals surface area contributed by atoms with E-state index in [2.05, 4.69) is 10.1 Å². The third-order valence-electron chi connectivity index (χ3n) is 7.29. The molecule has 5 nitrogen and oxygen atoms in total. The molecule has 3 aliphatic carbocycles. The largest absolute Gasteiger partial charge is 0.488 e. The summed E-state index contributed by atoms with van der Waals surface area (Å²) in [4.78, 5) is 3.70. The summed E-state index contributed by atoms with van der Waals surface area (Å²) >= 11 is 0. The molecule has 6 rings (SSSR count). The van der Waals surface area contributed by atoms with Crippen molar-refractivity contribution >= 4 is 0 Å². The van der Waals surface area contributed by atoms with Gasteiger partial charge in [-0.2, -0.15) is 5.10 Å². The average molecular weight is 497 g/mol. The van der Waals surface area contributed by atoms with Gasteiger partial charge < -0.3 is 9.84 Å². The fourth-order valence-corrected chi connectivity index (χ4v) is 5.66. The van der Waals surface area contributed by atoms with Gasteiger partial charge in [-0.15, -0.1) is 0 Å². The van der Waals surface area contributed by atoms with E-state index in [9.17, 15) is 22.7 Å².